The summed E-state index contributed by atoms with van der Waals surface area (Å²) >= 11 is 0. The molecule has 0 rings (SSSR count). The van der Waals surface area contributed by atoms with Crippen molar-refractivity contribution in [3.05, 3.63) is 0 Å². The number of hydrogen-bond acceptors (Lipinski definition) is 15. The summed E-state index contributed by atoms with van der Waals surface area (Å²) < 4.78 is 68.2. The first kappa shape index (κ1) is 88.1. The van der Waals surface area contributed by atoms with Gasteiger partial charge in [-0.2, -0.15) is 0 Å². The highest BCUT2D eigenvalue weighted by Gasteiger charge is 2.30. The number of ether oxygens (including phenoxy) is 4. The number of hydrogen-bond donors (Lipinski definition) is 3. The number of unbranched alkanes of at least 4 members (excludes halogenated alkanes) is 39. The van der Waals surface area contributed by atoms with Crippen molar-refractivity contribution in [3.63, 3.8) is 0 Å². The summed E-state index contributed by atoms with van der Waals surface area (Å²) in [4.78, 5) is 72.4. The Hall–Kier alpha value is -1.94. The third kappa shape index (κ3) is 63.5. The molecule has 6 atom stereocenters. The van der Waals surface area contributed by atoms with Gasteiger partial charge in [0.15, 0.2) is 12.2 Å². The van der Waals surface area contributed by atoms with Gasteiger partial charge in [0.25, 0.3) is 0 Å². The molecule has 0 bridgehead atoms. The molecule has 0 heterocycles. The summed E-state index contributed by atoms with van der Waals surface area (Å²) in [7, 11) is -9.90. The standard InChI is InChI=1S/C71H138O17P2/c1-7-10-12-14-16-17-18-19-21-25-28-31-35-42-48-54-69(74)82-60-66(87-70(75)55-49-43-36-32-29-26-23-20-22-24-27-30-34-39-45-51-63(4)5)61-85-89(77,78)83-57-65(72)58-84-90(79,80)86-62-67(59-81-68(73)53-47-41-33-15-13-11-8-2)88-71(76)56-50-44-38-37-40-46-52-64(6)9-3/h63-67,72H,7-62H2,1-6H3,(H,77,78)(H,79,80)/t64?,65-,66-,67-/m1/s1. The van der Waals surface area contributed by atoms with Gasteiger partial charge < -0.3 is 33.8 Å². The highest BCUT2D eigenvalue weighted by Crippen LogP contribution is 2.45. The van der Waals surface area contributed by atoms with Crippen LogP contribution < -0.4 is 0 Å². The lowest BCUT2D eigenvalue weighted by molar-refractivity contribution is -0.161. The van der Waals surface area contributed by atoms with Crippen molar-refractivity contribution < 1.29 is 80.2 Å². The Balaban J connectivity index is 5.19. The quantitative estimate of drug-likeness (QED) is 0.0222. The molecule has 3 unspecified atom stereocenters. The van der Waals surface area contributed by atoms with E-state index in [0.29, 0.717) is 25.7 Å². The zero-order chi connectivity index (χ0) is 66.5. The topological polar surface area (TPSA) is 237 Å². The molecule has 0 saturated carbocycles. The molecule has 0 radical (unpaired) electrons. The summed E-state index contributed by atoms with van der Waals surface area (Å²) in [5.74, 6) is -0.606. The molecule has 0 aliphatic heterocycles. The van der Waals surface area contributed by atoms with Gasteiger partial charge in [0.05, 0.1) is 26.4 Å². The largest absolute Gasteiger partial charge is 0.472 e. The van der Waals surface area contributed by atoms with Crippen molar-refractivity contribution in [1.82, 2.24) is 0 Å². The third-order valence-electron chi connectivity index (χ3n) is 16.8. The summed E-state index contributed by atoms with van der Waals surface area (Å²) in [5, 5.41) is 10.6. The lowest BCUT2D eigenvalue weighted by atomic mass is 10.00. The Morgan fingerprint density at radius 3 is 0.844 bits per heavy atom. The predicted molar refractivity (Wildman–Crippen MR) is 363 cm³/mol. The van der Waals surface area contributed by atoms with Gasteiger partial charge in [0.2, 0.25) is 0 Å². The van der Waals surface area contributed by atoms with Crippen LogP contribution in [0.15, 0.2) is 0 Å². The van der Waals surface area contributed by atoms with Crippen molar-refractivity contribution in [3.8, 4) is 0 Å². The van der Waals surface area contributed by atoms with Gasteiger partial charge in [-0.05, 0) is 37.5 Å². The molecule has 17 nitrogen and oxygen atoms in total. The maximum atomic E-state index is 13.0. The van der Waals surface area contributed by atoms with Gasteiger partial charge in [-0.1, -0.05) is 311 Å². The van der Waals surface area contributed by atoms with E-state index < -0.39 is 97.5 Å². The molecule has 0 aromatic heterocycles. The minimum absolute atomic E-state index is 0.103. The maximum absolute atomic E-state index is 13.0. The lowest BCUT2D eigenvalue weighted by Gasteiger charge is -2.21. The normalized spacial score (nSPS) is 14.4. The smallest absolute Gasteiger partial charge is 0.462 e. The van der Waals surface area contributed by atoms with Gasteiger partial charge in [-0.25, -0.2) is 9.13 Å². The molecule has 90 heavy (non-hydrogen) atoms. The number of phosphoric acid groups is 2. The first-order valence-electron chi connectivity index (χ1n) is 37.0. The van der Waals surface area contributed by atoms with Crippen LogP contribution in [0.1, 0.15) is 363 Å². The minimum atomic E-state index is -4.95. The molecule has 0 aliphatic rings. The van der Waals surface area contributed by atoms with E-state index in [1.165, 1.54) is 167 Å². The van der Waals surface area contributed by atoms with Crippen LogP contribution in [0, 0.1) is 11.8 Å². The molecular weight excluding hydrogens is 1190 g/mol. The number of aliphatic hydroxyl groups is 1. The zero-order valence-electron chi connectivity index (χ0n) is 58.4. The highest BCUT2D eigenvalue weighted by atomic mass is 31.2. The van der Waals surface area contributed by atoms with E-state index >= 15 is 0 Å². The van der Waals surface area contributed by atoms with Crippen LogP contribution in [0.2, 0.25) is 0 Å². The Morgan fingerprint density at radius 2 is 0.567 bits per heavy atom. The summed E-state index contributed by atoms with van der Waals surface area (Å²) in [6.45, 7) is 9.49. The first-order valence-corrected chi connectivity index (χ1v) is 40.0. The second-order valence-corrected chi connectivity index (χ2v) is 29.3. The number of aliphatic hydroxyl groups excluding tert-OH is 1. The van der Waals surface area contributed by atoms with Crippen LogP contribution in [0.25, 0.3) is 0 Å². The molecule has 534 valence electrons. The summed E-state index contributed by atoms with van der Waals surface area (Å²) in [5.41, 5.74) is 0. The fourth-order valence-corrected chi connectivity index (χ4v) is 12.3. The van der Waals surface area contributed by atoms with Crippen molar-refractivity contribution in [2.45, 2.75) is 381 Å². The number of phosphoric ester groups is 2. The Bertz CT molecular complexity index is 1750. The van der Waals surface area contributed by atoms with E-state index in [-0.39, 0.29) is 25.7 Å². The van der Waals surface area contributed by atoms with Crippen LogP contribution in [0.4, 0.5) is 0 Å². The van der Waals surface area contributed by atoms with Crippen LogP contribution in [-0.2, 0) is 65.4 Å². The van der Waals surface area contributed by atoms with E-state index in [0.717, 1.165) is 115 Å². The molecule has 0 fully saturated rings. The third-order valence-corrected chi connectivity index (χ3v) is 18.7. The fraction of sp³-hybridized carbons (Fsp3) is 0.944. The SMILES string of the molecule is CCCCCCCCCCCCCCCCCC(=O)OC[C@H](COP(=O)(O)OC[C@@H](O)COP(=O)(O)OC[C@@H](COC(=O)CCCCCCCCC)OC(=O)CCCCCCCCC(C)CC)OC(=O)CCCCCCCCCCCCCCCCCC(C)C. The molecular formula is C71H138O17P2. The van der Waals surface area contributed by atoms with Crippen LogP contribution in [0.5, 0.6) is 0 Å². The van der Waals surface area contributed by atoms with Crippen molar-refractivity contribution >= 4 is 39.5 Å². The number of carbonyl (C=O) groups is 4. The lowest BCUT2D eigenvalue weighted by Crippen LogP contribution is -2.30. The number of rotatable bonds is 70. The highest BCUT2D eigenvalue weighted by molar-refractivity contribution is 7.47. The molecule has 0 aliphatic carbocycles. The minimum Gasteiger partial charge on any atom is -0.462 e. The summed E-state index contributed by atoms with van der Waals surface area (Å²) in [6, 6.07) is 0. The molecule has 0 spiro atoms. The second-order valence-electron chi connectivity index (χ2n) is 26.3. The molecule has 0 amide bonds. The van der Waals surface area contributed by atoms with E-state index in [4.69, 9.17) is 37.0 Å². The van der Waals surface area contributed by atoms with Crippen LogP contribution >= 0.6 is 15.6 Å². The van der Waals surface area contributed by atoms with Crippen molar-refractivity contribution in [2.24, 2.45) is 11.8 Å². The molecule has 0 aromatic rings. The van der Waals surface area contributed by atoms with E-state index in [9.17, 15) is 43.2 Å². The first-order chi connectivity index (χ1) is 43.4. The van der Waals surface area contributed by atoms with Crippen molar-refractivity contribution in [1.29, 1.82) is 0 Å². The average molecular weight is 1330 g/mol. The van der Waals surface area contributed by atoms with Gasteiger partial charge in [-0.15, -0.1) is 0 Å². The Kier molecular flexibility index (Phi) is 61.8. The van der Waals surface area contributed by atoms with Crippen LogP contribution in [-0.4, -0.2) is 96.7 Å². The number of carbonyl (C=O) groups excluding carboxylic acids is 4. The second kappa shape index (κ2) is 63.1. The van der Waals surface area contributed by atoms with Gasteiger partial charge in [0, 0.05) is 25.7 Å². The Labute approximate surface area is 549 Å². The molecule has 0 aromatic carbocycles. The Morgan fingerprint density at radius 1 is 0.322 bits per heavy atom. The zero-order valence-corrected chi connectivity index (χ0v) is 60.2. The number of esters is 4. The van der Waals surface area contributed by atoms with Gasteiger partial charge in [-0.3, -0.25) is 37.3 Å². The summed E-state index contributed by atoms with van der Waals surface area (Å²) in [6.07, 6.45) is 48.8. The van der Waals surface area contributed by atoms with Gasteiger partial charge >= 0.3 is 39.5 Å². The average Bonchev–Trinajstić information content (AvgIpc) is 3.25. The molecule has 19 heteroatoms. The molecule has 3 N–H and O–H groups in total. The maximum Gasteiger partial charge on any atom is 0.472 e. The van der Waals surface area contributed by atoms with E-state index in [1.807, 2.05) is 0 Å². The van der Waals surface area contributed by atoms with E-state index in [2.05, 4.69) is 41.5 Å². The predicted octanol–water partition coefficient (Wildman–Crippen LogP) is 20.4. The van der Waals surface area contributed by atoms with Crippen molar-refractivity contribution in [2.75, 3.05) is 39.6 Å². The molecule has 0 saturated heterocycles. The van der Waals surface area contributed by atoms with E-state index in [1.54, 1.807) is 0 Å². The fourth-order valence-electron chi connectivity index (χ4n) is 10.7. The van der Waals surface area contributed by atoms with Gasteiger partial charge in [0.1, 0.15) is 19.3 Å². The monoisotopic (exact) mass is 1320 g/mol. The van der Waals surface area contributed by atoms with Crippen LogP contribution in [0.3, 0.4) is 0 Å².